The van der Waals surface area contributed by atoms with E-state index in [1.165, 1.54) is 28.9 Å². The van der Waals surface area contributed by atoms with E-state index in [9.17, 15) is 18.0 Å². The third kappa shape index (κ3) is 4.57. The first-order chi connectivity index (χ1) is 14.2. The summed E-state index contributed by atoms with van der Waals surface area (Å²) < 4.78 is 40.2. The maximum Gasteiger partial charge on any atom is 0.393 e. The number of nitrogens with zero attached hydrogens (tertiary/aromatic N) is 5. The van der Waals surface area contributed by atoms with Crippen LogP contribution >= 0.6 is 0 Å². The number of rotatable bonds is 5. The molecule has 3 aromatic heterocycles. The molecule has 0 spiro atoms. The van der Waals surface area contributed by atoms with Gasteiger partial charge in [-0.25, -0.2) is 4.52 Å². The van der Waals surface area contributed by atoms with Gasteiger partial charge in [0.1, 0.15) is 6.54 Å². The van der Waals surface area contributed by atoms with Crippen LogP contribution in [0.15, 0.2) is 55.0 Å². The van der Waals surface area contributed by atoms with Gasteiger partial charge in [-0.05, 0) is 35.4 Å². The topological polar surface area (TPSA) is 103 Å². The summed E-state index contributed by atoms with van der Waals surface area (Å²) in [5.41, 5.74) is 8.32. The number of aromatic nitrogens is 5. The lowest BCUT2D eigenvalue weighted by Crippen LogP contribution is -2.19. The molecule has 0 unspecified atom stereocenters. The molecule has 0 atom stereocenters. The predicted molar refractivity (Wildman–Crippen MR) is 103 cm³/mol. The number of halogens is 3. The molecule has 0 saturated carbocycles. The van der Waals surface area contributed by atoms with E-state index in [1.807, 2.05) is 6.07 Å². The number of hydrogen-bond donors (Lipinski definition) is 2. The van der Waals surface area contributed by atoms with Crippen molar-refractivity contribution in [1.29, 1.82) is 0 Å². The minimum Gasteiger partial charge on any atom is -0.366 e. The van der Waals surface area contributed by atoms with Crippen molar-refractivity contribution >= 4 is 23.2 Å². The number of fused-ring (bicyclic) bond motifs is 1. The van der Waals surface area contributed by atoms with Crippen molar-refractivity contribution in [1.82, 2.24) is 24.4 Å². The number of alkyl halides is 3. The van der Waals surface area contributed by atoms with Gasteiger partial charge >= 0.3 is 6.18 Å². The Morgan fingerprint density at radius 3 is 2.63 bits per heavy atom. The van der Waals surface area contributed by atoms with Gasteiger partial charge in [0.2, 0.25) is 11.9 Å². The zero-order valence-electron chi connectivity index (χ0n) is 15.5. The molecule has 0 fully saturated rings. The standard InChI is InChI=1S/C19H16F3N7O/c20-19(21,22)8-12-1-3-15(4-2-12)25-17(30)11-28-10-14(9-24-28)13-5-6-29-16(7-13)26-18(23)27-29/h1-7,9-10H,8,11H2,(H2,23,27)(H,25,30). The van der Waals surface area contributed by atoms with Crippen LogP contribution in [-0.4, -0.2) is 36.5 Å². The second-order valence-corrected chi connectivity index (χ2v) is 6.65. The van der Waals surface area contributed by atoms with E-state index in [1.54, 1.807) is 29.2 Å². The monoisotopic (exact) mass is 415 g/mol. The Kier molecular flexibility index (Phi) is 4.86. The van der Waals surface area contributed by atoms with Crippen molar-refractivity contribution in [3.8, 4) is 11.1 Å². The highest BCUT2D eigenvalue weighted by molar-refractivity contribution is 5.90. The molecule has 154 valence electrons. The van der Waals surface area contributed by atoms with Crippen molar-refractivity contribution in [2.45, 2.75) is 19.1 Å². The van der Waals surface area contributed by atoms with Gasteiger partial charge in [-0.3, -0.25) is 9.48 Å². The third-order valence-corrected chi connectivity index (χ3v) is 4.27. The number of nitrogen functional groups attached to an aromatic ring is 1. The number of nitrogens with one attached hydrogen (secondary N) is 1. The highest BCUT2D eigenvalue weighted by Crippen LogP contribution is 2.22. The minimum absolute atomic E-state index is 0.0512. The first-order valence-corrected chi connectivity index (χ1v) is 8.85. The first-order valence-electron chi connectivity index (χ1n) is 8.85. The number of hydrogen-bond acceptors (Lipinski definition) is 5. The molecule has 0 radical (unpaired) electrons. The lowest BCUT2D eigenvalue weighted by molar-refractivity contribution is -0.127. The number of amides is 1. The Hall–Kier alpha value is -3.89. The Balaban J connectivity index is 1.40. The molecule has 11 heteroatoms. The highest BCUT2D eigenvalue weighted by atomic mass is 19.4. The molecule has 1 aromatic carbocycles. The average Bonchev–Trinajstić information content (AvgIpc) is 3.26. The van der Waals surface area contributed by atoms with Crippen molar-refractivity contribution in [3.05, 3.63) is 60.6 Å². The quantitative estimate of drug-likeness (QED) is 0.522. The van der Waals surface area contributed by atoms with Crippen LogP contribution in [0.25, 0.3) is 16.8 Å². The molecule has 4 aromatic rings. The van der Waals surface area contributed by atoms with Gasteiger partial charge in [-0.2, -0.15) is 23.3 Å². The van der Waals surface area contributed by atoms with E-state index in [0.717, 1.165) is 11.1 Å². The number of nitrogens with two attached hydrogens (primary N) is 1. The molecule has 0 aliphatic rings. The lowest BCUT2D eigenvalue weighted by Gasteiger charge is -2.08. The summed E-state index contributed by atoms with van der Waals surface area (Å²) in [4.78, 5) is 16.3. The van der Waals surface area contributed by atoms with E-state index in [-0.39, 0.29) is 24.0 Å². The molecule has 1 amide bonds. The average molecular weight is 415 g/mol. The van der Waals surface area contributed by atoms with Gasteiger partial charge in [0.25, 0.3) is 0 Å². The molecular formula is C19H16F3N7O. The van der Waals surface area contributed by atoms with Crippen molar-refractivity contribution in [2.75, 3.05) is 11.1 Å². The highest BCUT2D eigenvalue weighted by Gasteiger charge is 2.27. The number of anilines is 2. The van der Waals surface area contributed by atoms with E-state index in [2.05, 4.69) is 20.5 Å². The largest absolute Gasteiger partial charge is 0.393 e. The number of pyridine rings is 1. The summed E-state index contributed by atoms with van der Waals surface area (Å²) in [6.07, 6.45) is -0.235. The SMILES string of the molecule is Nc1nc2cc(-c3cnn(CC(=O)Nc4ccc(CC(F)(F)F)cc4)c3)ccn2n1. The first kappa shape index (κ1) is 19.4. The van der Waals surface area contributed by atoms with Crippen molar-refractivity contribution in [3.63, 3.8) is 0 Å². The Labute approximate surface area is 168 Å². The number of carbonyl (C=O) groups is 1. The van der Waals surface area contributed by atoms with Crippen LogP contribution in [0.3, 0.4) is 0 Å². The molecule has 0 bridgehead atoms. The smallest absolute Gasteiger partial charge is 0.366 e. The Bertz CT molecular complexity index is 1200. The van der Waals surface area contributed by atoms with Crippen LogP contribution in [0, 0.1) is 0 Å². The molecule has 8 nitrogen and oxygen atoms in total. The minimum atomic E-state index is -4.27. The Morgan fingerprint density at radius 1 is 1.13 bits per heavy atom. The summed E-state index contributed by atoms with van der Waals surface area (Å²) in [5, 5.41) is 10.8. The van der Waals surface area contributed by atoms with Crippen LogP contribution in [0.4, 0.5) is 24.8 Å². The molecule has 0 aliphatic heterocycles. The Morgan fingerprint density at radius 2 is 1.90 bits per heavy atom. The fourth-order valence-corrected chi connectivity index (χ4v) is 2.96. The summed E-state index contributed by atoms with van der Waals surface area (Å²) in [7, 11) is 0. The third-order valence-electron chi connectivity index (χ3n) is 4.27. The molecular weight excluding hydrogens is 399 g/mol. The molecule has 4 rings (SSSR count). The number of carbonyl (C=O) groups excluding carboxylic acids is 1. The second-order valence-electron chi connectivity index (χ2n) is 6.65. The molecule has 30 heavy (non-hydrogen) atoms. The van der Waals surface area contributed by atoms with Gasteiger partial charge in [-0.15, -0.1) is 5.10 Å². The number of benzene rings is 1. The zero-order chi connectivity index (χ0) is 21.3. The van der Waals surface area contributed by atoms with E-state index in [4.69, 9.17) is 5.73 Å². The van der Waals surface area contributed by atoms with E-state index in [0.29, 0.717) is 11.3 Å². The molecule has 3 N–H and O–H groups in total. The zero-order valence-corrected chi connectivity index (χ0v) is 15.5. The van der Waals surface area contributed by atoms with Crippen LogP contribution in [-0.2, 0) is 17.8 Å². The van der Waals surface area contributed by atoms with E-state index < -0.39 is 12.6 Å². The van der Waals surface area contributed by atoms with Crippen LogP contribution in [0.2, 0.25) is 0 Å². The normalized spacial score (nSPS) is 11.7. The van der Waals surface area contributed by atoms with Crippen molar-refractivity contribution in [2.24, 2.45) is 0 Å². The second kappa shape index (κ2) is 7.50. The molecule has 0 saturated heterocycles. The lowest BCUT2D eigenvalue weighted by atomic mass is 10.1. The maximum absolute atomic E-state index is 12.4. The van der Waals surface area contributed by atoms with Gasteiger partial charge < -0.3 is 11.1 Å². The van der Waals surface area contributed by atoms with Crippen LogP contribution < -0.4 is 11.1 Å². The molecule has 3 heterocycles. The molecule has 0 aliphatic carbocycles. The van der Waals surface area contributed by atoms with Crippen molar-refractivity contribution < 1.29 is 18.0 Å². The summed E-state index contributed by atoms with van der Waals surface area (Å²) in [5.74, 6) is -0.181. The van der Waals surface area contributed by atoms with Gasteiger partial charge in [0.05, 0.1) is 12.6 Å². The summed E-state index contributed by atoms with van der Waals surface area (Å²) >= 11 is 0. The predicted octanol–water partition coefficient (Wildman–Crippen LogP) is 2.92. The maximum atomic E-state index is 12.4. The van der Waals surface area contributed by atoms with Crippen LogP contribution in [0.1, 0.15) is 5.56 Å². The van der Waals surface area contributed by atoms with E-state index >= 15 is 0 Å². The fraction of sp³-hybridized carbons (Fsp3) is 0.158. The fourth-order valence-electron chi connectivity index (χ4n) is 2.96. The summed E-state index contributed by atoms with van der Waals surface area (Å²) in [6.45, 7) is -0.0512. The van der Waals surface area contributed by atoms with Gasteiger partial charge in [0, 0.05) is 23.6 Å². The van der Waals surface area contributed by atoms with Gasteiger partial charge in [-0.1, -0.05) is 12.1 Å². The van der Waals surface area contributed by atoms with Gasteiger partial charge in [0.15, 0.2) is 5.65 Å². The summed E-state index contributed by atoms with van der Waals surface area (Å²) in [6, 6.07) is 9.17. The van der Waals surface area contributed by atoms with Crippen LogP contribution in [0.5, 0.6) is 0 Å².